The lowest BCUT2D eigenvalue weighted by Crippen LogP contribution is -2.35. The predicted molar refractivity (Wildman–Crippen MR) is 159 cm³/mol. The van der Waals surface area contributed by atoms with Crippen LogP contribution in [0.25, 0.3) is 0 Å². The van der Waals surface area contributed by atoms with Crippen LogP contribution in [0, 0.1) is 5.92 Å². The van der Waals surface area contributed by atoms with Crippen molar-refractivity contribution < 1.29 is 0 Å². The van der Waals surface area contributed by atoms with Crippen LogP contribution in [0.15, 0.2) is 77.8 Å². The van der Waals surface area contributed by atoms with Crippen LogP contribution in [0.4, 0.5) is 5.69 Å². The van der Waals surface area contributed by atoms with Gasteiger partial charge in [-0.2, -0.15) is 0 Å². The van der Waals surface area contributed by atoms with Gasteiger partial charge in [0.05, 0.1) is 12.0 Å². The zero-order valence-electron chi connectivity index (χ0n) is 22.7. The maximum atomic E-state index is 5.56. The second kappa shape index (κ2) is 14.7. The molecule has 1 fully saturated rings. The minimum absolute atomic E-state index is 0.631. The molecule has 1 heterocycles. The molecule has 0 radical (unpaired) electrons. The number of unbranched alkanes of at least 4 members (excludes halogenated alkanes) is 3. The number of nitrogens with zero attached hydrogens (tertiary/aromatic N) is 1. The summed E-state index contributed by atoms with van der Waals surface area (Å²) in [6.07, 6.45) is 13.6. The van der Waals surface area contributed by atoms with Crippen LogP contribution in [-0.2, 0) is 25.7 Å². The third kappa shape index (κ3) is 8.04. The van der Waals surface area contributed by atoms with Gasteiger partial charge in [0.2, 0.25) is 0 Å². The number of rotatable bonds is 13. The normalized spacial score (nSPS) is 17.9. The lowest BCUT2D eigenvalue weighted by atomic mass is 9.78. The third-order valence-electron chi connectivity index (χ3n) is 8.17. The van der Waals surface area contributed by atoms with E-state index >= 15 is 0 Å². The quantitative estimate of drug-likeness (QED) is 0.146. The molecule has 3 aromatic rings. The monoisotopic (exact) mass is 495 g/mol. The Bertz CT molecular complexity index is 1100. The first-order valence-electron chi connectivity index (χ1n) is 14.5. The minimum atomic E-state index is 0.631. The van der Waals surface area contributed by atoms with Gasteiger partial charge in [0, 0.05) is 0 Å². The number of benzene rings is 3. The zero-order chi connectivity index (χ0) is 25.7. The molecule has 0 spiro atoms. The van der Waals surface area contributed by atoms with E-state index in [1.165, 1.54) is 80.0 Å². The van der Waals surface area contributed by atoms with E-state index in [9.17, 15) is 0 Å². The average molecular weight is 496 g/mol. The average Bonchev–Trinajstić information content (AvgIpc) is 2.95. The Morgan fingerprint density at radius 2 is 1.51 bits per heavy atom. The molecular weight excluding hydrogens is 450 g/mol. The van der Waals surface area contributed by atoms with Crippen LogP contribution in [0.2, 0.25) is 0 Å². The first-order valence-corrected chi connectivity index (χ1v) is 14.5. The smallest absolute Gasteiger partial charge is 0.0860 e. The molecule has 2 atom stereocenters. The molecule has 3 heteroatoms. The first-order chi connectivity index (χ1) is 18.3. The van der Waals surface area contributed by atoms with E-state index in [0.29, 0.717) is 11.8 Å². The van der Waals surface area contributed by atoms with Gasteiger partial charge in [-0.05, 0) is 110 Å². The summed E-state index contributed by atoms with van der Waals surface area (Å²) in [5.41, 5.74) is 13.9. The molecule has 3 N–H and O–H groups in total. The lowest BCUT2D eigenvalue weighted by molar-refractivity contribution is 0.309. The Morgan fingerprint density at radius 1 is 0.811 bits per heavy atom. The summed E-state index contributed by atoms with van der Waals surface area (Å²) in [5.74, 6) is 1.28. The van der Waals surface area contributed by atoms with E-state index in [1.54, 1.807) is 5.56 Å². The number of nitrogens with one attached hydrogen (secondary N) is 1. The fourth-order valence-electron chi connectivity index (χ4n) is 6.01. The molecule has 0 amide bonds. The Morgan fingerprint density at radius 3 is 2.27 bits per heavy atom. The van der Waals surface area contributed by atoms with E-state index in [0.717, 1.165) is 31.6 Å². The highest BCUT2D eigenvalue weighted by atomic mass is 14.9. The van der Waals surface area contributed by atoms with Crippen LogP contribution >= 0.6 is 0 Å². The summed E-state index contributed by atoms with van der Waals surface area (Å²) in [7, 11) is 0. The number of hydrogen-bond donors (Lipinski definition) is 2. The summed E-state index contributed by atoms with van der Waals surface area (Å²) in [6.45, 7) is 4.46. The van der Waals surface area contributed by atoms with Crippen LogP contribution in [0.3, 0.4) is 0 Å². The molecule has 3 nitrogen and oxygen atoms in total. The summed E-state index contributed by atoms with van der Waals surface area (Å²) < 4.78 is 0. The molecule has 196 valence electrons. The SMILES string of the molecule is CCc1ccccc1CCCCCCc1ccc(C2CCNC[C@@H]2CCc2ccccc2N=CN)cc1. The van der Waals surface area contributed by atoms with Crippen molar-refractivity contribution in [1.82, 2.24) is 5.32 Å². The van der Waals surface area contributed by atoms with E-state index in [2.05, 4.69) is 84.0 Å². The van der Waals surface area contributed by atoms with Crippen molar-refractivity contribution in [2.45, 2.75) is 77.0 Å². The van der Waals surface area contributed by atoms with E-state index < -0.39 is 0 Å². The summed E-state index contributed by atoms with van der Waals surface area (Å²) in [5, 5.41) is 3.63. The molecule has 4 rings (SSSR count). The Balaban J connectivity index is 1.23. The van der Waals surface area contributed by atoms with Gasteiger partial charge in [0.1, 0.15) is 0 Å². The van der Waals surface area contributed by atoms with Crippen molar-refractivity contribution in [2.24, 2.45) is 16.6 Å². The van der Waals surface area contributed by atoms with Gasteiger partial charge in [-0.3, -0.25) is 0 Å². The van der Waals surface area contributed by atoms with Gasteiger partial charge in [-0.25, -0.2) is 4.99 Å². The van der Waals surface area contributed by atoms with Gasteiger partial charge in [0.15, 0.2) is 0 Å². The number of aliphatic imine (C=N–C) groups is 1. The molecule has 0 saturated carbocycles. The minimum Gasteiger partial charge on any atom is -0.390 e. The molecule has 1 aliphatic rings. The van der Waals surface area contributed by atoms with Crippen LogP contribution in [0.5, 0.6) is 0 Å². The summed E-state index contributed by atoms with van der Waals surface area (Å²) in [4.78, 5) is 4.36. The predicted octanol–water partition coefficient (Wildman–Crippen LogP) is 7.54. The third-order valence-corrected chi connectivity index (χ3v) is 8.17. The number of nitrogens with two attached hydrogens (primary N) is 1. The van der Waals surface area contributed by atoms with Crippen molar-refractivity contribution in [1.29, 1.82) is 0 Å². The van der Waals surface area contributed by atoms with Gasteiger partial charge in [0.25, 0.3) is 0 Å². The maximum absolute atomic E-state index is 5.56. The lowest BCUT2D eigenvalue weighted by Gasteiger charge is -2.33. The standard InChI is InChI=1S/C34H45N3/c1-2-28-12-7-8-14-29(28)13-6-4-3-5-11-27-17-19-30(20-18-27)33-23-24-36-25-32(33)22-21-31-15-9-10-16-34(31)37-26-35/h7-10,12,14-20,26,32-33,36H,2-6,11,13,21-25H2,1H3,(H2,35,37)/t32-,33?/m0/s1. The Kier molecular flexibility index (Phi) is 10.8. The molecule has 37 heavy (non-hydrogen) atoms. The fourth-order valence-corrected chi connectivity index (χ4v) is 6.01. The Labute approximate surface area is 224 Å². The van der Waals surface area contributed by atoms with Gasteiger partial charge in [-0.15, -0.1) is 0 Å². The fraction of sp³-hybridized carbons (Fsp3) is 0.441. The van der Waals surface area contributed by atoms with Gasteiger partial charge < -0.3 is 11.1 Å². The van der Waals surface area contributed by atoms with Crippen molar-refractivity contribution in [2.75, 3.05) is 13.1 Å². The second-order valence-corrected chi connectivity index (χ2v) is 10.6. The van der Waals surface area contributed by atoms with Gasteiger partial charge >= 0.3 is 0 Å². The van der Waals surface area contributed by atoms with Crippen LogP contribution in [0.1, 0.15) is 79.2 Å². The van der Waals surface area contributed by atoms with Crippen LogP contribution in [-0.4, -0.2) is 19.4 Å². The van der Waals surface area contributed by atoms with E-state index in [4.69, 9.17) is 5.73 Å². The number of piperidine rings is 1. The molecule has 1 unspecified atom stereocenters. The molecule has 0 bridgehead atoms. The number of hydrogen-bond acceptors (Lipinski definition) is 2. The van der Waals surface area contributed by atoms with E-state index in [-0.39, 0.29) is 0 Å². The first kappa shape index (κ1) is 27.1. The van der Waals surface area contributed by atoms with E-state index in [1.807, 2.05) is 6.07 Å². The van der Waals surface area contributed by atoms with Crippen molar-refractivity contribution in [3.63, 3.8) is 0 Å². The zero-order valence-corrected chi connectivity index (χ0v) is 22.7. The molecule has 3 aromatic carbocycles. The topological polar surface area (TPSA) is 50.4 Å². The van der Waals surface area contributed by atoms with Gasteiger partial charge in [-0.1, -0.05) is 86.5 Å². The number of para-hydroxylation sites is 1. The highest BCUT2D eigenvalue weighted by molar-refractivity contribution is 5.61. The Hall–Kier alpha value is -2.91. The number of aryl methyl sites for hydroxylation is 4. The summed E-state index contributed by atoms with van der Waals surface area (Å²) >= 11 is 0. The van der Waals surface area contributed by atoms with Crippen molar-refractivity contribution in [3.8, 4) is 0 Å². The van der Waals surface area contributed by atoms with Crippen molar-refractivity contribution >= 4 is 12.0 Å². The molecule has 0 aromatic heterocycles. The maximum Gasteiger partial charge on any atom is 0.0860 e. The highest BCUT2D eigenvalue weighted by Crippen LogP contribution is 2.34. The molecule has 1 saturated heterocycles. The van der Waals surface area contributed by atoms with Crippen LogP contribution < -0.4 is 11.1 Å². The van der Waals surface area contributed by atoms with Crippen molar-refractivity contribution in [3.05, 3.63) is 101 Å². The second-order valence-electron chi connectivity index (χ2n) is 10.6. The molecule has 1 aliphatic heterocycles. The largest absolute Gasteiger partial charge is 0.390 e. The highest BCUT2D eigenvalue weighted by Gasteiger charge is 2.26. The molecular formula is C34H45N3. The molecule has 0 aliphatic carbocycles. The summed E-state index contributed by atoms with van der Waals surface area (Å²) in [6, 6.07) is 26.9.